The highest BCUT2D eigenvalue weighted by molar-refractivity contribution is 9.10. The summed E-state index contributed by atoms with van der Waals surface area (Å²) in [5.41, 5.74) is 3.68. The number of nitrogens with one attached hydrogen (secondary N) is 1. The van der Waals surface area contributed by atoms with Crippen molar-refractivity contribution < 1.29 is 4.79 Å². The maximum atomic E-state index is 12.1. The van der Waals surface area contributed by atoms with E-state index in [1.54, 1.807) is 36.0 Å². The van der Waals surface area contributed by atoms with Crippen LogP contribution in [0.4, 0.5) is 0 Å². The molecule has 0 unspecified atom stereocenters. The Hall–Kier alpha value is -2.05. The lowest BCUT2D eigenvalue weighted by atomic mass is 10.1. The van der Waals surface area contributed by atoms with Gasteiger partial charge < -0.3 is 5.32 Å². The fraction of sp³-hybridized carbons (Fsp3) is 0.0625. The Kier molecular flexibility index (Phi) is 4.60. The Labute approximate surface area is 140 Å². The van der Waals surface area contributed by atoms with Crippen LogP contribution in [0.25, 0.3) is 11.1 Å². The SMILES string of the molecule is O=C(NCc1cncc(-c2ccsc2)c1)c1cncc(Br)c1. The first kappa shape index (κ1) is 14.9. The fourth-order valence-electron chi connectivity index (χ4n) is 1.99. The van der Waals surface area contributed by atoms with Gasteiger partial charge in [-0.3, -0.25) is 14.8 Å². The van der Waals surface area contributed by atoms with Gasteiger partial charge in [0.1, 0.15) is 0 Å². The van der Waals surface area contributed by atoms with E-state index in [1.807, 2.05) is 17.6 Å². The van der Waals surface area contributed by atoms with Crippen LogP contribution in [-0.2, 0) is 6.54 Å². The van der Waals surface area contributed by atoms with E-state index in [2.05, 4.69) is 42.7 Å². The summed E-state index contributed by atoms with van der Waals surface area (Å²) in [4.78, 5) is 20.3. The maximum Gasteiger partial charge on any atom is 0.253 e. The van der Waals surface area contributed by atoms with Crippen LogP contribution in [0, 0.1) is 0 Å². The largest absolute Gasteiger partial charge is 0.348 e. The molecule has 0 aliphatic rings. The van der Waals surface area contributed by atoms with E-state index < -0.39 is 0 Å². The van der Waals surface area contributed by atoms with Gasteiger partial charge in [0.25, 0.3) is 5.91 Å². The number of rotatable bonds is 4. The molecule has 110 valence electrons. The molecule has 3 heterocycles. The highest BCUT2D eigenvalue weighted by Gasteiger charge is 2.07. The number of hydrogen-bond acceptors (Lipinski definition) is 4. The Morgan fingerprint density at radius 3 is 2.77 bits per heavy atom. The quantitative estimate of drug-likeness (QED) is 0.754. The zero-order valence-electron chi connectivity index (χ0n) is 11.5. The predicted octanol–water partition coefficient (Wildman–Crippen LogP) is 3.90. The average Bonchev–Trinajstić information content (AvgIpc) is 3.07. The molecule has 0 saturated heterocycles. The Bertz CT molecular complexity index is 790. The zero-order valence-corrected chi connectivity index (χ0v) is 13.9. The van der Waals surface area contributed by atoms with Crippen LogP contribution in [0.15, 0.2) is 58.2 Å². The number of thiophene rings is 1. The van der Waals surface area contributed by atoms with Crippen molar-refractivity contribution in [2.24, 2.45) is 0 Å². The van der Waals surface area contributed by atoms with Gasteiger partial charge in [-0.1, -0.05) is 0 Å². The van der Waals surface area contributed by atoms with Gasteiger partial charge in [-0.05, 0) is 56.0 Å². The second kappa shape index (κ2) is 6.81. The zero-order chi connectivity index (χ0) is 15.4. The second-order valence-electron chi connectivity index (χ2n) is 4.67. The van der Waals surface area contributed by atoms with Crippen molar-refractivity contribution in [1.29, 1.82) is 0 Å². The third-order valence-corrected chi connectivity index (χ3v) is 4.19. The molecule has 0 atom stereocenters. The number of hydrogen-bond donors (Lipinski definition) is 1. The monoisotopic (exact) mass is 373 g/mol. The fourth-order valence-corrected chi connectivity index (χ4v) is 3.02. The molecule has 4 nitrogen and oxygen atoms in total. The van der Waals surface area contributed by atoms with Crippen molar-refractivity contribution >= 4 is 33.2 Å². The molecule has 0 aliphatic heterocycles. The number of nitrogens with zero attached hydrogens (tertiary/aromatic N) is 2. The first-order valence-electron chi connectivity index (χ1n) is 6.57. The average molecular weight is 374 g/mol. The Morgan fingerprint density at radius 2 is 2.00 bits per heavy atom. The van der Waals surface area contributed by atoms with Crippen molar-refractivity contribution in [3.8, 4) is 11.1 Å². The standard InChI is InChI=1S/C16H12BrN3OS/c17-15-4-14(8-19-9-15)16(21)20-6-11-3-13(7-18-5-11)12-1-2-22-10-12/h1-5,7-10H,6H2,(H,20,21). The molecule has 0 fully saturated rings. The van der Waals surface area contributed by atoms with E-state index in [9.17, 15) is 4.79 Å². The first-order valence-corrected chi connectivity index (χ1v) is 8.31. The van der Waals surface area contributed by atoms with E-state index in [1.165, 1.54) is 0 Å². The molecule has 3 rings (SSSR count). The van der Waals surface area contributed by atoms with Crippen molar-refractivity contribution in [1.82, 2.24) is 15.3 Å². The summed E-state index contributed by atoms with van der Waals surface area (Å²) in [5, 5.41) is 6.99. The summed E-state index contributed by atoms with van der Waals surface area (Å²) < 4.78 is 0.779. The molecule has 0 aliphatic carbocycles. The second-order valence-corrected chi connectivity index (χ2v) is 6.36. The van der Waals surface area contributed by atoms with Gasteiger partial charge in [-0.15, -0.1) is 0 Å². The van der Waals surface area contributed by atoms with Crippen molar-refractivity contribution in [3.05, 3.63) is 69.3 Å². The lowest BCUT2D eigenvalue weighted by Crippen LogP contribution is -2.23. The highest BCUT2D eigenvalue weighted by atomic mass is 79.9. The molecular formula is C16H12BrN3OS. The van der Waals surface area contributed by atoms with E-state index >= 15 is 0 Å². The maximum absolute atomic E-state index is 12.1. The lowest BCUT2D eigenvalue weighted by molar-refractivity contribution is 0.0950. The van der Waals surface area contributed by atoms with Crippen LogP contribution in [0.5, 0.6) is 0 Å². The van der Waals surface area contributed by atoms with E-state index in [4.69, 9.17) is 0 Å². The molecule has 6 heteroatoms. The van der Waals surface area contributed by atoms with Gasteiger partial charge in [0, 0.05) is 41.4 Å². The van der Waals surface area contributed by atoms with Crippen molar-refractivity contribution in [2.45, 2.75) is 6.54 Å². The molecule has 0 saturated carbocycles. The smallest absolute Gasteiger partial charge is 0.253 e. The summed E-state index contributed by atoms with van der Waals surface area (Å²) in [6.45, 7) is 0.427. The lowest BCUT2D eigenvalue weighted by Gasteiger charge is -2.06. The van der Waals surface area contributed by atoms with Gasteiger partial charge in [0.2, 0.25) is 0 Å². The van der Waals surface area contributed by atoms with Crippen molar-refractivity contribution in [2.75, 3.05) is 0 Å². The predicted molar refractivity (Wildman–Crippen MR) is 90.7 cm³/mol. The molecule has 1 amide bonds. The highest BCUT2D eigenvalue weighted by Crippen LogP contribution is 2.21. The van der Waals surface area contributed by atoms with Crippen LogP contribution in [0.1, 0.15) is 15.9 Å². The summed E-state index contributed by atoms with van der Waals surface area (Å²) in [6.07, 6.45) is 6.77. The minimum Gasteiger partial charge on any atom is -0.348 e. The van der Waals surface area contributed by atoms with E-state index in [-0.39, 0.29) is 5.91 Å². The number of pyridine rings is 2. The first-order chi connectivity index (χ1) is 10.7. The van der Waals surface area contributed by atoms with Crippen LogP contribution in [0.3, 0.4) is 0 Å². The van der Waals surface area contributed by atoms with Gasteiger partial charge >= 0.3 is 0 Å². The third-order valence-electron chi connectivity index (χ3n) is 3.07. The van der Waals surface area contributed by atoms with E-state index in [0.717, 1.165) is 21.2 Å². The summed E-state index contributed by atoms with van der Waals surface area (Å²) >= 11 is 4.95. The molecule has 22 heavy (non-hydrogen) atoms. The van der Waals surface area contributed by atoms with E-state index in [0.29, 0.717) is 12.1 Å². The Balaban J connectivity index is 1.69. The number of carbonyl (C=O) groups excluding carboxylic acids is 1. The van der Waals surface area contributed by atoms with Gasteiger partial charge in [-0.25, -0.2) is 0 Å². The van der Waals surface area contributed by atoms with Gasteiger partial charge in [0.05, 0.1) is 5.56 Å². The molecule has 0 spiro atoms. The molecule has 3 aromatic heterocycles. The minimum atomic E-state index is -0.158. The Morgan fingerprint density at radius 1 is 1.14 bits per heavy atom. The van der Waals surface area contributed by atoms with Crippen LogP contribution >= 0.6 is 27.3 Å². The number of amides is 1. The normalized spacial score (nSPS) is 10.4. The van der Waals surface area contributed by atoms with Gasteiger partial charge in [-0.2, -0.15) is 11.3 Å². The molecular weight excluding hydrogens is 362 g/mol. The van der Waals surface area contributed by atoms with Gasteiger partial charge in [0.15, 0.2) is 0 Å². The molecule has 3 aromatic rings. The number of carbonyl (C=O) groups is 1. The van der Waals surface area contributed by atoms with Crippen LogP contribution in [-0.4, -0.2) is 15.9 Å². The summed E-state index contributed by atoms with van der Waals surface area (Å²) in [7, 11) is 0. The summed E-state index contributed by atoms with van der Waals surface area (Å²) in [6, 6.07) is 5.83. The van der Waals surface area contributed by atoms with Crippen molar-refractivity contribution in [3.63, 3.8) is 0 Å². The molecule has 0 radical (unpaired) electrons. The van der Waals surface area contributed by atoms with Crippen LogP contribution in [0.2, 0.25) is 0 Å². The molecule has 1 N–H and O–H groups in total. The number of halogens is 1. The number of aromatic nitrogens is 2. The minimum absolute atomic E-state index is 0.158. The summed E-state index contributed by atoms with van der Waals surface area (Å²) in [5.74, 6) is -0.158. The molecule has 0 aromatic carbocycles. The van der Waals surface area contributed by atoms with Crippen LogP contribution < -0.4 is 5.32 Å². The molecule has 0 bridgehead atoms. The topological polar surface area (TPSA) is 54.9 Å². The third kappa shape index (κ3) is 3.58.